The van der Waals surface area contributed by atoms with Crippen LogP contribution in [0.4, 0.5) is 4.79 Å². The molecule has 0 saturated heterocycles. The second kappa shape index (κ2) is 7.99. The quantitative estimate of drug-likeness (QED) is 0.681. The molecule has 1 aliphatic carbocycles. The third-order valence-corrected chi connectivity index (χ3v) is 3.31. The maximum Gasteiger partial charge on any atom is 0.315 e. The number of hydrogen-bond acceptors (Lipinski definition) is 3. The minimum Gasteiger partial charge on any atom is -0.481 e. The van der Waals surface area contributed by atoms with Crippen LogP contribution in [0.5, 0.6) is 0 Å². The summed E-state index contributed by atoms with van der Waals surface area (Å²) in [5.74, 6) is -1.10. The molecule has 0 aromatic carbocycles. The first-order valence-corrected chi connectivity index (χ1v) is 6.90. The Hall–Kier alpha value is -1.30. The van der Waals surface area contributed by atoms with E-state index in [4.69, 9.17) is 9.84 Å². The van der Waals surface area contributed by atoms with Crippen LogP contribution >= 0.6 is 0 Å². The summed E-state index contributed by atoms with van der Waals surface area (Å²) in [6.07, 6.45) is 2.91. The molecule has 0 aromatic heterocycles. The maximum absolute atomic E-state index is 11.7. The normalized spacial score (nSPS) is 24.5. The van der Waals surface area contributed by atoms with E-state index in [1.165, 1.54) is 0 Å². The van der Waals surface area contributed by atoms with Gasteiger partial charge in [0.15, 0.2) is 0 Å². The molecule has 0 aliphatic heterocycles. The van der Waals surface area contributed by atoms with Gasteiger partial charge in [-0.3, -0.25) is 4.79 Å². The molecule has 0 radical (unpaired) electrons. The van der Waals surface area contributed by atoms with Crippen molar-refractivity contribution < 1.29 is 19.4 Å². The Balaban J connectivity index is 2.29. The van der Waals surface area contributed by atoms with E-state index in [1.807, 2.05) is 13.8 Å². The number of carboxylic acids is 1. The summed E-state index contributed by atoms with van der Waals surface area (Å²) in [5, 5.41) is 14.6. The zero-order chi connectivity index (χ0) is 14.3. The van der Waals surface area contributed by atoms with Crippen molar-refractivity contribution in [3.8, 4) is 0 Å². The lowest BCUT2D eigenvalue weighted by atomic mass is 9.86. The van der Waals surface area contributed by atoms with Crippen LogP contribution in [0.2, 0.25) is 0 Å². The summed E-state index contributed by atoms with van der Waals surface area (Å²) in [6, 6.07) is -0.351. The van der Waals surface area contributed by atoms with E-state index in [9.17, 15) is 9.59 Å². The summed E-state index contributed by atoms with van der Waals surface area (Å²) in [6.45, 7) is 4.87. The number of amides is 2. The van der Waals surface area contributed by atoms with Gasteiger partial charge in [0.25, 0.3) is 0 Å². The first-order chi connectivity index (χ1) is 9.02. The van der Waals surface area contributed by atoms with Gasteiger partial charge in [-0.2, -0.15) is 0 Å². The molecule has 110 valence electrons. The van der Waals surface area contributed by atoms with E-state index >= 15 is 0 Å². The van der Waals surface area contributed by atoms with Gasteiger partial charge in [-0.1, -0.05) is 6.42 Å². The Morgan fingerprint density at radius 1 is 1.42 bits per heavy atom. The fraction of sp³-hybridized carbons (Fsp3) is 0.846. The monoisotopic (exact) mass is 272 g/mol. The Labute approximate surface area is 113 Å². The number of rotatable bonds is 6. The minimum absolute atomic E-state index is 0.0471. The summed E-state index contributed by atoms with van der Waals surface area (Å²) >= 11 is 0. The van der Waals surface area contributed by atoms with Gasteiger partial charge >= 0.3 is 12.0 Å². The molecule has 0 bridgehead atoms. The van der Waals surface area contributed by atoms with Crippen molar-refractivity contribution in [1.82, 2.24) is 10.6 Å². The van der Waals surface area contributed by atoms with E-state index in [0.29, 0.717) is 26.1 Å². The molecule has 6 nitrogen and oxygen atoms in total. The zero-order valence-electron chi connectivity index (χ0n) is 11.6. The number of urea groups is 1. The average molecular weight is 272 g/mol. The fourth-order valence-electron chi connectivity index (χ4n) is 2.33. The molecular formula is C13H24N2O4. The summed E-state index contributed by atoms with van der Waals surface area (Å²) < 4.78 is 5.21. The highest BCUT2D eigenvalue weighted by atomic mass is 16.5. The Bertz CT molecular complexity index is 309. The predicted molar refractivity (Wildman–Crippen MR) is 71.0 cm³/mol. The van der Waals surface area contributed by atoms with Gasteiger partial charge in [-0.05, 0) is 33.1 Å². The van der Waals surface area contributed by atoms with Crippen LogP contribution in [0.15, 0.2) is 0 Å². The fourth-order valence-corrected chi connectivity index (χ4v) is 2.33. The van der Waals surface area contributed by atoms with Crippen molar-refractivity contribution in [3.63, 3.8) is 0 Å². The van der Waals surface area contributed by atoms with Gasteiger partial charge in [-0.25, -0.2) is 4.79 Å². The summed E-state index contributed by atoms with van der Waals surface area (Å²) in [7, 11) is 0. The van der Waals surface area contributed by atoms with E-state index in [2.05, 4.69) is 10.6 Å². The Kier molecular flexibility index (Phi) is 6.62. The molecule has 0 heterocycles. The van der Waals surface area contributed by atoms with Gasteiger partial charge in [0.05, 0.1) is 18.6 Å². The number of aliphatic carboxylic acids is 1. The molecule has 1 rings (SSSR count). The number of ether oxygens (including phenoxy) is 1. The molecule has 0 aromatic rings. The molecule has 1 saturated carbocycles. The van der Waals surface area contributed by atoms with E-state index in [-0.39, 0.29) is 24.0 Å². The SMILES string of the molecule is CCOCC(C)NC(=O)NC1CCCC(C(=O)O)C1. The molecule has 3 atom stereocenters. The van der Waals surface area contributed by atoms with Gasteiger partial charge in [-0.15, -0.1) is 0 Å². The second-order valence-corrected chi connectivity index (χ2v) is 5.08. The first kappa shape index (κ1) is 15.8. The number of carboxylic acid groups (broad SMARTS) is 1. The zero-order valence-corrected chi connectivity index (χ0v) is 11.6. The van der Waals surface area contributed by atoms with Gasteiger partial charge < -0.3 is 20.5 Å². The minimum atomic E-state index is -0.767. The number of carbonyl (C=O) groups is 2. The molecule has 1 fully saturated rings. The highest BCUT2D eigenvalue weighted by molar-refractivity contribution is 5.75. The third kappa shape index (κ3) is 5.92. The van der Waals surface area contributed by atoms with E-state index in [1.54, 1.807) is 0 Å². The first-order valence-electron chi connectivity index (χ1n) is 6.90. The molecule has 3 N–H and O–H groups in total. The van der Waals surface area contributed by atoms with Crippen LogP contribution in [-0.4, -0.2) is 42.4 Å². The Morgan fingerprint density at radius 2 is 2.16 bits per heavy atom. The third-order valence-electron chi connectivity index (χ3n) is 3.31. The van der Waals surface area contributed by atoms with Gasteiger partial charge in [0.2, 0.25) is 0 Å². The number of nitrogens with one attached hydrogen (secondary N) is 2. The lowest BCUT2D eigenvalue weighted by Gasteiger charge is -2.28. The van der Waals surface area contributed by atoms with Crippen LogP contribution in [-0.2, 0) is 9.53 Å². The Morgan fingerprint density at radius 3 is 2.79 bits per heavy atom. The van der Waals surface area contributed by atoms with Crippen LogP contribution in [0.3, 0.4) is 0 Å². The average Bonchev–Trinajstić information content (AvgIpc) is 2.36. The predicted octanol–water partition coefficient (Wildman–Crippen LogP) is 1.35. The lowest BCUT2D eigenvalue weighted by Crippen LogP contribution is -2.48. The van der Waals surface area contributed by atoms with Crippen LogP contribution in [0, 0.1) is 5.92 Å². The molecule has 1 aliphatic rings. The summed E-state index contributed by atoms with van der Waals surface area (Å²) in [4.78, 5) is 22.7. The van der Waals surface area contributed by atoms with Crippen molar-refractivity contribution in [2.24, 2.45) is 5.92 Å². The largest absolute Gasteiger partial charge is 0.481 e. The molecule has 3 unspecified atom stereocenters. The topological polar surface area (TPSA) is 87.7 Å². The van der Waals surface area contributed by atoms with Crippen molar-refractivity contribution in [2.45, 2.75) is 51.6 Å². The molecule has 2 amide bonds. The number of hydrogen-bond donors (Lipinski definition) is 3. The number of carbonyl (C=O) groups excluding carboxylic acids is 1. The molecule has 0 spiro atoms. The van der Waals surface area contributed by atoms with E-state index in [0.717, 1.165) is 12.8 Å². The van der Waals surface area contributed by atoms with Crippen LogP contribution in [0.25, 0.3) is 0 Å². The highest BCUT2D eigenvalue weighted by Crippen LogP contribution is 2.24. The van der Waals surface area contributed by atoms with Gasteiger partial charge in [0, 0.05) is 12.6 Å². The van der Waals surface area contributed by atoms with E-state index < -0.39 is 5.97 Å². The highest BCUT2D eigenvalue weighted by Gasteiger charge is 2.27. The lowest BCUT2D eigenvalue weighted by molar-refractivity contribution is -0.143. The summed E-state index contributed by atoms with van der Waals surface area (Å²) in [5.41, 5.74) is 0. The van der Waals surface area contributed by atoms with Crippen molar-refractivity contribution in [1.29, 1.82) is 0 Å². The van der Waals surface area contributed by atoms with Crippen molar-refractivity contribution in [3.05, 3.63) is 0 Å². The molecular weight excluding hydrogens is 248 g/mol. The maximum atomic E-state index is 11.7. The second-order valence-electron chi connectivity index (χ2n) is 5.08. The van der Waals surface area contributed by atoms with Crippen molar-refractivity contribution >= 4 is 12.0 Å². The smallest absolute Gasteiger partial charge is 0.315 e. The standard InChI is InChI=1S/C13H24N2O4/c1-3-19-8-9(2)14-13(18)15-11-6-4-5-10(7-11)12(16)17/h9-11H,3-8H2,1-2H3,(H,16,17)(H2,14,15,18). The van der Waals surface area contributed by atoms with Crippen LogP contribution in [0.1, 0.15) is 39.5 Å². The van der Waals surface area contributed by atoms with Crippen molar-refractivity contribution in [2.75, 3.05) is 13.2 Å². The van der Waals surface area contributed by atoms with Crippen LogP contribution < -0.4 is 10.6 Å². The van der Waals surface area contributed by atoms with Gasteiger partial charge in [0.1, 0.15) is 0 Å². The molecule has 19 heavy (non-hydrogen) atoms. The molecule has 6 heteroatoms.